The van der Waals surface area contributed by atoms with Crippen molar-refractivity contribution < 1.29 is 23.9 Å². The Morgan fingerprint density at radius 3 is 2.22 bits per heavy atom. The minimum Gasteiger partial charge on any atom is -0.490 e. The molecule has 3 aromatic rings. The molecule has 7 nitrogen and oxygen atoms in total. The molecule has 1 saturated heterocycles. The molecule has 1 N–H and O–H groups in total. The maximum absolute atomic E-state index is 13.2. The lowest BCUT2D eigenvalue weighted by Crippen LogP contribution is -2.54. The fraction of sp³-hybridized carbons (Fsp3) is 0.207. The third kappa shape index (κ3) is 5.84. The number of nitrogens with one attached hydrogen (secondary N) is 1. The number of anilines is 1. The van der Waals surface area contributed by atoms with Crippen molar-refractivity contribution in [3.63, 3.8) is 0 Å². The molecule has 3 aromatic carbocycles. The van der Waals surface area contributed by atoms with E-state index in [2.05, 4.69) is 11.4 Å². The summed E-state index contributed by atoms with van der Waals surface area (Å²) in [5.41, 5.74) is 4.82. The van der Waals surface area contributed by atoms with E-state index < -0.39 is 17.8 Å². The molecule has 1 aliphatic rings. The number of nitrogens with zero attached hydrogens (tertiary/aromatic N) is 1. The number of benzene rings is 3. The zero-order chi connectivity index (χ0) is 26.7. The van der Waals surface area contributed by atoms with Crippen LogP contribution in [0.1, 0.15) is 34.7 Å². The largest absolute Gasteiger partial charge is 0.490 e. The first-order valence-corrected chi connectivity index (χ1v) is 12.2. The number of hydrogen-bond acceptors (Lipinski definition) is 5. The van der Waals surface area contributed by atoms with Crippen LogP contribution in [0.5, 0.6) is 11.5 Å². The molecule has 4 amide bonds. The van der Waals surface area contributed by atoms with E-state index in [1.54, 1.807) is 36.4 Å². The Labute approximate surface area is 220 Å². The second-order valence-corrected chi connectivity index (χ2v) is 9.25. The summed E-state index contributed by atoms with van der Waals surface area (Å²) in [6, 6.07) is 15.4. The Bertz CT molecular complexity index is 1390. The zero-order valence-electron chi connectivity index (χ0n) is 21.1. The van der Waals surface area contributed by atoms with Crippen molar-refractivity contribution in [1.82, 2.24) is 5.32 Å². The van der Waals surface area contributed by atoms with Gasteiger partial charge in [-0.2, -0.15) is 0 Å². The van der Waals surface area contributed by atoms with Crippen LogP contribution in [0.4, 0.5) is 10.5 Å². The van der Waals surface area contributed by atoms with Crippen LogP contribution in [-0.2, 0) is 16.2 Å². The van der Waals surface area contributed by atoms with E-state index in [4.69, 9.17) is 21.1 Å². The Morgan fingerprint density at radius 2 is 1.57 bits per heavy atom. The number of halogens is 1. The highest BCUT2D eigenvalue weighted by atomic mass is 35.5. The predicted molar refractivity (Wildman–Crippen MR) is 143 cm³/mol. The summed E-state index contributed by atoms with van der Waals surface area (Å²) in [4.78, 5) is 39.2. The van der Waals surface area contributed by atoms with Crippen molar-refractivity contribution in [2.75, 3.05) is 11.5 Å². The van der Waals surface area contributed by atoms with Crippen molar-refractivity contribution in [2.24, 2.45) is 0 Å². The van der Waals surface area contributed by atoms with Crippen LogP contribution in [0.3, 0.4) is 0 Å². The number of ether oxygens (including phenoxy) is 2. The van der Waals surface area contributed by atoms with Gasteiger partial charge in [-0.3, -0.25) is 14.9 Å². The van der Waals surface area contributed by atoms with Crippen molar-refractivity contribution in [2.45, 2.75) is 34.3 Å². The van der Waals surface area contributed by atoms with Gasteiger partial charge in [-0.05, 0) is 69.2 Å². The number of amides is 4. The molecule has 0 atom stereocenters. The normalized spacial score (nSPS) is 14.7. The highest BCUT2D eigenvalue weighted by Gasteiger charge is 2.36. The zero-order valence-corrected chi connectivity index (χ0v) is 21.8. The second kappa shape index (κ2) is 10.9. The summed E-state index contributed by atoms with van der Waals surface area (Å²) in [5, 5.41) is 2.49. The SMILES string of the molecule is CCOc1cc(/C=C2\C(=O)NC(=O)N(c3ccc(C)cc3)C2=O)cc(Cl)c1OCc1cc(C)cc(C)c1. The molecule has 190 valence electrons. The Balaban J connectivity index is 1.66. The van der Waals surface area contributed by atoms with E-state index in [0.717, 1.165) is 27.2 Å². The van der Waals surface area contributed by atoms with Crippen LogP contribution in [0.15, 0.2) is 60.2 Å². The Morgan fingerprint density at radius 1 is 0.892 bits per heavy atom. The van der Waals surface area contributed by atoms with E-state index in [1.807, 2.05) is 39.8 Å². The van der Waals surface area contributed by atoms with E-state index in [0.29, 0.717) is 29.4 Å². The fourth-order valence-corrected chi connectivity index (χ4v) is 4.41. The first kappa shape index (κ1) is 26.0. The average Bonchev–Trinajstić information content (AvgIpc) is 2.82. The van der Waals surface area contributed by atoms with Crippen LogP contribution < -0.4 is 19.7 Å². The molecule has 0 aromatic heterocycles. The monoisotopic (exact) mass is 518 g/mol. The molecule has 37 heavy (non-hydrogen) atoms. The average molecular weight is 519 g/mol. The lowest BCUT2D eigenvalue weighted by atomic mass is 10.1. The van der Waals surface area contributed by atoms with Crippen LogP contribution in [-0.4, -0.2) is 24.5 Å². The number of imide groups is 2. The summed E-state index contributed by atoms with van der Waals surface area (Å²) < 4.78 is 11.8. The van der Waals surface area contributed by atoms with Gasteiger partial charge in [-0.25, -0.2) is 9.69 Å². The van der Waals surface area contributed by atoms with Gasteiger partial charge < -0.3 is 9.47 Å². The highest BCUT2D eigenvalue weighted by Crippen LogP contribution is 2.38. The van der Waals surface area contributed by atoms with Crippen molar-refractivity contribution in [1.29, 1.82) is 0 Å². The number of rotatable bonds is 7. The molecule has 1 heterocycles. The van der Waals surface area contributed by atoms with Gasteiger partial charge in [0.15, 0.2) is 11.5 Å². The molecule has 0 spiro atoms. The number of carbonyl (C=O) groups is 3. The smallest absolute Gasteiger partial charge is 0.335 e. The summed E-state index contributed by atoms with van der Waals surface area (Å²) in [6.45, 7) is 8.41. The number of urea groups is 1. The molecule has 4 rings (SSSR count). The lowest BCUT2D eigenvalue weighted by Gasteiger charge is -2.26. The quantitative estimate of drug-likeness (QED) is 0.310. The minimum atomic E-state index is -0.806. The van der Waals surface area contributed by atoms with E-state index in [1.165, 1.54) is 6.08 Å². The summed E-state index contributed by atoms with van der Waals surface area (Å²) >= 11 is 6.57. The van der Waals surface area contributed by atoms with E-state index >= 15 is 0 Å². The van der Waals surface area contributed by atoms with Gasteiger partial charge in [0.25, 0.3) is 11.8 Å². The standard InChI is InChI=1S/C29H27ClN2O5/c1-5-36-25-15-20(14-24(30)26(25)37-16-21-11-18(3)10-19(4)12-21)13-23-27(33)31-29(35)32(28(23)34)22-8-6-17(2)7-9-22/h6-15H,5,16H2,1-4H3,(H,31,33,35)/b23-13+. The Hall–Kier alpha value is -4.10. The molecule has 0 unspecified atom stereocenters. The van der Waals surface area contributed by atoms with Gasteiger partial charge in [-0.1, -0.05) is 58.6 Å². The molecular weight excluding hydrogens is 492 g/mol. The molecule has 1 aliphatic heterocycles. The van der Waals surface area contributed by atoms with Crippen LogP contribution >= 0.6 is 11.6 Å². The van der Waals surface area contributed by atoms with E-state index in [9.17, 15) is 14.4 Å². The van der Waals surface area contributed by atoms with Crippen LogP contribution in [0.25, 0.3) is 6.08 Å². The number of barbiturate groups is 1. The van der Waals surface area contributed by atoms with Crippen molar-refractivity contribution in [3.05, 3.63) is 93.0 Å². The van der Waals surface area contributed by atoms with Gasteiger partial charge in [-0.15, -0.1) is 0 Å². The first-order chi connectivity index (χ1) is 17.7. The molecule has 0 bridgehead atoms. The summed E-state index contributed by atoms with van der Waals surface area (Å²) in [7, 11) is 0. The number of aryl methyl sites for hydroxylation is 3. The van der Waals surface area contributed by atoms with E-state index in [-0.39, 0.29) is 17.2 Å². The molecular formula is C29H27ClN2O5. The molecule has 0 aliphatic carbocycles. The predicted octanol–water partition coefficient (Wildman–Crippen LogP) is 5.91. The Kier molecular flexibility index (Phi) is 7.64. The minimum absolute atomic E-state index is 0.206. The summed E-state index contributed by atoms with van der Waals surface area (Å²) in [5.74, 6) is -0.786. The van der Waals surface area contributed by atoms with Gasteiger partial charge >= 0.3 is 6.03 Å². The number of carbonyl (C=O) groups excluding carboxylic acids is 3. The third-order valence-corrected chi connectivity index (χ3v) is 5.98. The molecule has 8 heteroatoms. The number of hydrogen-bond donors (Lipinski definition) is 1. The van der Waals surface area contributed by atoms with Gasteiger partial charge in [0.1, 0.15) is 12.2 Å². The molecule has 1 fully saturated rings. The fourth-order valence-electron chi connectivity index (χ4n) is 4.13. The van der Waals surface area contributed by atoms with Crippen molar-refractivity contribution in [3.8, 4) is 11.5 Å². The van der Waals surface area contributed by atoms with Gasteiger partial charge in [0.05, 0.1) is 17.3 Å². The highest BCUT2D eigenvalue weighted by molar-refractivity contribution is 6.39. The second-order valence-electron chi connectivity index (χ2n) is 8.84. The molecule has 0 saturated carbocycles. The third-order valence-electron chi connectivity index (χ3n) is 5.70. The van der Waals surface area contributed by atoms with Gasteiger partial charge in [0, 0.05) is 0 Å². The van der Waals surface area contributed by atoms with Crippen LogP contribution in [0, 0.1) is 20.8 Å². The van der Waals surface area contributed by atoms with Crippen LogP contribution in [0.2, 0.25) is 5.02 Å². The van der Waals surface area contributed by atoms with Crippen molar-refractivity contribution >= 4 is 41.2 Å². The summed E-state index contributed by atoms with van der Waals surface area (Å²) in [6.07, 6.45) is 1.38. The molecule has 0 radical (unpaired) electrons. The van der Waals surface area contributed by atoms with Gasteiger partial charge in [0.2, 0.25) is 0 Å². The maximum Gasteiger partial charge on any atom is 0.335 e. The lowest BCUT2D eigenvalue weighted by molar-refractivity contribution is -0.122. The topological polar surface area (TPSA) is 84.9 Å². The maximum atomic E-state index is 13.2. The first-order valence-electron chi connectivity index (χ1n) is 11.8.